The Morgan fingerprint density at radius 1 is 1.12 bits per heavy atom. The maximum Gasteiger partial charge on any atom is 0.161 e. The van der Waals surface area contributed by atoms with Crippen LogP contribution in [0.3, 0.4) is 0 Å². The van der Waals surface area contributed by atoms with E-state index in [1.165, 1.54) is 5.56 Å². The highest BCUT2D eigenvalue weighted by molar-refractivity contribution is 5.44. The third-order valence-corrected chi connectivity index (χ3v) is 4.46. The predicted octanol–water partition coefficient (Wildman–Crippen LogP) is 4.16. The molecule has 5 nitrogen and oxygen atoms in total. The predicted molar refractivity (Wildman–Crippen MR) is 102 cm³/mol. The lowest BCUT2D eigenvalue weighted by Crippen LogP contribution is -2.18. The second-order valence-electron chi connectivity index (χ2n) is 6.31. The minimum Gasteiger partial charge on any atom is -0.493 e. The zero-order valence-electron chi connectivity index (χ0n) is 15.5. The molecule has 0 saturated carbocycles. The van der Waals surface area contributed by atoms with E-state index in [4.69, 9.17) is 9.47 Å². The van der Waals surface area contributed by atoms with Crippen LogP contribution in [0.5, 0.6) is 11.5 Å². The Labute approximate surface area is 154 Å². The van der Waals surface area contributed by atoms with Crippen LogP contribution in [-0.4, -0.2) is 17.3 Å². The van der Waals surface area contributed by atoms with E-state index in [0.29, 0.717) is 6.61 Å². The highest BCUT2D eigenvalue weighted by Crippen LogP contribution is 2.31. The Bertz CT molecular complexity index is 830. The van der Waals surface area contributed by atoms with Gasteiger partial charge in [-0.2, -0.15) is 5.10 Å². The minimum absolute atomic E-state index is 0.182. The number of aryl methyl sites for hydroxylation is 1. The summed E-state index contributed by atoms with van der Waals surface area (Å²) in [6, 6.07) is 16.4. The molecule has 0 aliphatic heterocycles. The zero-order valence-corrected chi connectivity index (χ0v) is 15.5. The topological polar surface area (TPSA) is 59.2 Å². The molecule has 0 amide bonds. The van der Waals surface area contributed by atoms with E-state index in [1.807, 2.05) is 55.6 Å². The number of aromatic amines is 1. The average Bonchev–Trinajstić information content (AvgIpc) is 3.10. The molecule has 0 saturated heterocycles. The van der Waals surface area contributed by atoms with Crippen molar-refractivity contribution >= 4 is 0 Å². The summed E-state index contributed by atoms with van der Waals surface area (Å²) >= 11 is 0. The molecule has 3 aromatic rings. The number of hydrogen-bond acceptors (Lipinski definition) is 4. The fourth-order valence-electron chi connectivity index (χ4n) is 2.74. The molecule has 0 aliphatic carbocycles. The molecule has 0 bridgehead atoms. The fourth-order valence-corrected chi connectivity index (χ4v) is 2.74. The van der Waals surface area contributed by atoms with Crippen molar-refractivity contribution in [2.75, 3.05) is 7.11 Å². The number of hydrogen-bond donors (Lipinski definition) is 2. The Morgan fingerprint density at radius 3 is 2.62 bits per heavy atom. The summed E-state index contributed by atoms with van der Waals surface area (Å²) in [6.07, 6.45) is 1.86. The third kappa shape index (κ3) is 4.43. The van der Waals surface area contributed by atoms with Crippen molar-refractivity contribution in [3.63, 3.8) is 0 Å². The fraction of sp³-hybridized carbons (Fsp3) is 0.286. The van der Waals surface area contributed by atoms with Gasteiger partial charge in [0.2, 0.25) is 0 Å². The first-order valence-electron chi connectivity index (χ1n) is 8.74. The van der Waals surface area contributed by atoms with Crippen molar-refractivity contribution in [1.29, 1.82) is 0 Å². The van der Waals surface area contributed by atoms with Crippen LogP contribution in [0, 0.1) is 6.92 Å². The van der Waals surface area contributed by atoms with Crippen molar-refractivity contribution in [3.05, 3.63) is 77.1 Å². The molecule has 5 heteroatoms. The number of ether oxygens (including phenoxy) is 2. The van der Waals surface area contributed by atoms with Crippen LogP contribution in [0.2, 0.25) is 0 Å². The van der Waals surface area contributed by atoms with E-state index in [0.717, 1.165) is 34.9 Å². The summed E-state index contributed by atoms with van der Waals surface area (Å²) in [4.78, 5) is 0. The number of nitrogens with one attached hydrogen (secondary N) is 2. The molecule has 1 aromatic heterocycles. The lowest BCUT2D eigenvalue weighted by molar-refractivity contribution is 0.284. The monoisotopic (exact) mass is 351 g/mol. The second-order valence-corrected chi connectivity index (χ2v) is 6.31. The van der Waals surface area contributed by atoms with E-state index in [1.54, 1.807) is 7.11 Å². The molecule has 1 unspecified atom stereocenters. The summed E-state index contributed by atoms with van der Waals surface area (Å²) in [5.41, 5.74) is 4.54. The highest BCUT2D eigenvalue weighted by Gasteiger charge is 2.11. The number of benzene rings is 2. The van der Waals surface area contributed by atoms with Crippen molar-refractivity contribution < 1.29 is 9.47 Å². The van der Waals surface area contributed by atoms with Gasteiger partial charge in [0.25, 0.3) is 0 Å². The molecule has 1 heterocycles. The van der Waals surface area contributed by atoms with Crippen LogP contribution in [0.15, 0.2) is 54.7 Å². The van der Waals surface area contributed by atoms with Gasteiger partial charge in [0.1, 0.15) is 6.61 Å². The van der Waals surface area contributed by atoms with Crippen LogP contribution < -0.4 is 14.8 Å². The van der Waals surface area contributed by atoms with Crippen molar-refractivity contribution in [2.24, 2.45) is 0 Å². The molecule has 0 aliphatic rings. The molecule has 1 atom stereocenters. The molecule has 0 spiro atoms. The van der Waals surface area contributed by atoms with Crippen molar-refractivity contribution in [3.8, 4) is 11.5 Å². The summed E-state index contributed by atoms with van der Waals surface area (Å²) in [5, 5.41) is 10.5. The van der Waals surface area contributed by atoms with Crippen LogP contribution in [-0.2, 0) is 13.2 Å². The first kappa shape index (κ1) is 18.0. The third-order valence-electron chi connectivity index (χ3n) is 4.46. The molecular weight excluding hydrogens is 326 g/mol. The number of H-pyrrole nitrogens is 1. The van der Waals surface area contributed by atoms with E-state index < -0.39 is 0 Å². The van der Waals surface area contributed by atoms with Crippen molar-refractivity contribution in [2.45, 2.75) is 33.0 Å². The largest absolute Gasteiger partial charge is 0.493 e. The first-order valence-corrected chi connectivity index (χ1v) is 8.74. The van der Waals surface area contributed by atoms with E-state index in [-0.39, 0.29) is 6.04 Å². The normalized spacial score (nSPS) is 12.0. The highest BCUT2D eigenvalue weighted by atomic mass is 16.5. The van der Waals surface area contributed by atoms with Gasteiger partial charge in [-0.3, -0.25) is 5.10 Å². The van der Waals surface area contributed by atoms with Crippen molar-refractivity contribution in [1.82, 2.24) is 15.5 Å². The van der Waals surface area contributed by atoms with Gasteiger partial charge in [-0.25, -0.2) is 0 Å². The van der Waals surface area contributed by atoms with Gasteiger partial charge in [0.05, 0.1) is 13.3 Å². The quantitative estimate of drug-likeness (QED) is 0.640. The number of rotatable bonds is 8. The van der Waals surface area contributed by atoms with Gasteiger partial charge in [0, 0.05) is 23.8 Å². The molecule has 3 rings (SSSR count). The van der Waals surface area contributed by atoms with E-state index in [2.05, 4.69) is 28.5 Å². The van der Waals surface area contributed by atoms with Gasteiger partial charge in [-0.05, 0) is 37.1 Å². The lowest BCUT2D eigenvalue weighted by atomic mass is 10.1. The number of methoxy groups -OCH3 is 1. The summed E-state index contributed by atoms with van der Waals surface area (Å²) in [5.74, 6) is 1.49. The molecular formula is C21H25N3O2. The standard InChI is InChI=1S/C21H25N3O2/c1-15(22-12-19-13-23-24-16(19)2)18-9-10-20(21(11-18)25-3)26-14-17-7-5-4-6-8-17/h4-11,13,15,22H,12,14H2,1-3H3,(H,23,24). The van der Waals surface area contributed by atoms with E-state index >= 15 is 0 Å². The smallest absolute Gasteiger partial charge is 0.161 e. The zero-order chi connectivity index (χ0) is 18.4. The Balaban J connectivity index is 1.64. The number of aromatic nitrogens is 2. The average molecular weight is 351 g/mol. The SMILES string of the molecule is COc1cc(C(C)NCc2cn[nH]c2C)ccc1OCc1ccccc1. The molecule has 0 fully saturated rings. The molecule has 26 heavy (non-hydrogen) atoms. The first-order chi connectivity index (χ1) is 12.7. The van der Waals surface area contributed by atoms with Crippen LogP contribution in [0.25, 0.3) is 0 Å². The van der Waals surface area contributed by atoms with Gasteiger partial charge in [-0.1, -0.05) is 36.4 Å². The van der Waals surface area contributed by atoms with Gasteiger partial charge in [-0.15, -0.1) is 0 Å². The van der Waals surface area contributed by atoms with Crippen LogP contribution >= 0.6 is 0 Å². The van der Waals surface area contributed by atoms with Gasteiger partial charge in [0.15, 0.2) is 11.5 Å². The van der Waals surface area contributed by atoms with Crippen LogP contribution in [0.1, 0.15) is 35.3 Å². The van der Waals surface area contributed by atoms with E-state index in [9.17, 15) is 0 Å². The van der Waals surface area contributed by atoms with Gasteiger partial charge >= 0.3 is 0 Å². The number of nitrogens with zero attached hydrogens (tertiary/aromatic N) is 1. The molecule has 2 aromatic carbocycles. The minimum atomic E-state index is 0.182. The maximum absolute atomic E-state index is 5.93. The molecule has 0 radical (unpaired) electrons. The Morgan fingerprint density at radius 2 is 1.92 bits per heavy atom. The lowest BCUT2D eigenvalue weighted by Gasteiger charge is -2.17. The maximum atomic E-state index is 5.93. The van der Waals surface area contributed by atoms with Crippen LogP contribution in [0.4, 0.5) is 0 Å². The Hall–Kier alpha value is -2.79. The summed E-state index contributed by atoms with van der Waals surface area (Å²) in [7, 11) is 1.67. The molecule has 2 N–H and O–H groups in total. The molecule has 136 valence electrons. The summed E-state index contributed by atoms with van der Waals surface area (Å²) in [6.45, 7) is 5.44. The van der Waals surface area contributed by atoms with Gasteiger partial charge < -0.3 is 14.8 Å². The summed E-state index contributed by atoms with van der Waals surface area (Å²) < 4.78 is 11.5. The Kier molecular flexibility index (Phi) is 5.92. The second kappa shape index (κ2) is 8.54.